The maximum absolute atomic E-state index is 4.90. The lowest BCUT2D eigenvalue weighted by molar-refractivity contribution is 0.811. The van der Waals surface area contributed by atoms with Gasteiger partial charge in [-0.15, -0.1) is 0 Å². The molecule has 1 atom stereocenters. The molecule has 0 saturated heterocycles. The van der Waals surface area contributed by atoms with Crippen LogP contribution in [0.4, 0.5) is 5.82 Å². The second-order valence-corrected chi connectivity index (χ2v) is 7.29. The van der Waals surface area contributed by atoms with E-state index in [0.29, 0.717) is 0 Å². The maximum atomic E-state index is 4.90. The lowest BCUT2D eigenvalue weighted by Gasteiger charge is -2.20. The number of aryl methyl sites for hydroxylation is 1. The third kappa shape index (κ3) is 3.38. The van der Waals surface area contributed by atoms with Gasteiger partial charge in [-0.3, -0.25) is 4.98 Å². The topological polar surface area (TPSA) is 68.5 Å². The van der Waals surface area contributed by atoms with Crippen molar-refractivity contribution >= 4 is 5.82 Å². The molecule has 3 heterocycles. The minimum atomic E-state index is 0.0697. The van der Waals surface area contributed by atoms with Crippen molar-refractivity contribution in [2.24, 2.45) is 0 Å². The lowest BCUT2D eigenvalue weighted by atomic mass is 10.1. The number of aromatic nitrogens is 5. The summed E-state index contributed by atoms with van der Waals surface area (Å²) in [5.41, 5.74) is 5.63. The van der Waals surface area contributed by atoms with E-state index in [1.807, 2.05) is 35.1 Å². The molecular weight excluding hydrogens is 360 g/mol. The molecule has 4 aromatic rings. The summed E-state index contributed by atoms with van der Waals surface area (Å²) < 4.78 is 1.90. The van der Waals surface area contributed by atoms with Gasteiger partial charge in [-0.2, -0.15) is 5.10 Å². The quantitative estimate of drug-likeness (QED) is 0.554. The molecular formula is C23H22N6. The zero-order valence-corrected chi connectivity index (χ0v) is 16.3. The van der Waals surface area contributed by atoms with Gasteiger partial charge in [0, 0.05) is 41.6 Å². The van der Waals surface area contributed by atoms with Crippen LogP contribution in [0.3, 0.4) is 0 Å². The number of fused-ring (bicyclic) bond motifs is 1. The van der Waals surface area contributed by atoms with Crippen molar-refractivity contribution in [1.29, 1.82) is 0 Å². The Morgan fingerprint density at radius 1 is 0.966 bits per heavy atom. The fourth-order valence-corrected chi connectivity index (χ4v) is 3.94. The number of anilines is 1. The first-order chi connectivity index (χ1) is 14.3. The lowest BCUT2D eigenvalue weighted by Crippen LogP contribution is -2.14. The van der Waals surface area contributed by atoms with Gasteiger partial charge in [0.25, 0.3) is 0 Å². The summed E-state index contributed by atoms with van der Waals surface area (Å²) in [5, 5.41) is 8.07. The Morgan fingerprint density at radius 2 is 1.83 bits per heavy atom. The summed E-state index contributed by atoms with van der Waals surface area (Å²) in [6.45, 7) is 2.16. The van der Waals surface area contributed by atoms with Crippen LogP contribution in [0.2, 0.25) is 0 Å². The molecule has 3 aromatic heterocycles. The average molecular weight is 382 g/mol. The number of hydrogen-bond donors (Lipinski definition) is 1. The molecule has 5 rings (SSSR count). The van der Waals surface area contributed by atoms with Crippen LogP contribution in [0, 0.1) is 0 Å². The van der Waals surface area contributed by atoms with E-state index in [4.69, 9.17) is 9.97 Å². The van der Waals surface area contributed by atoms with Crippen LogP contribution in [0.25, 0.3) is 17.1 Å². The standard InChI is InChI=1S/C23H22N6/c1-16(18-6-2-3-9-21(18)29-15-5-12-25-29)26-23-19-7-4-8-20(19)27-22(28-23)17-10-13-24-14-11-17/h2-3,5-6,9-16H,4,7-8H2,1H3,(H,26,27,28). The first-order valence-electron chi connectivity index (χ1n) is 9.95. The summed E-state index contributed by atoms with van der Waals surface area (Å²) in [7, 11) is 0. The summed E-state index contributed by atoms with van der Waals surface area (Å²) in [6.07, 6.45) is 10.5. The molecule has 29 heavy (non-hydrogen) atoms. The number of nitrogens with one attached hydrogen (secondary N) is 1. The van der Waals surface area contributed by atoms with Gasteiger partial charge in [0.1, 0.15) is 5.82 Å². The Kier molecular flexibility index (Phi) is 4.52. The van der Waals surface area contributed by atoms with E-state index in [1.54, 1.807) is 18.6 Å². The second-order valence-electron chi connectivity index (χ2n) is 7.29. The van der Waals surface area contributed by atoms with Gasteiger partial charge in [-0.25, -0.2) is 14.6 Å². The van der Waals surface area contributed by atoms with E-state index in [2.05, 4.69) is 40.5 Å². The molecule has 1 unspecified atom stereocenters. The van der Waals surface area contributed by atoms with Crippen LogP contribution in [-0.2, 0) is 12.8 Å². The number of benzene rings is 1. The van der Waals surface area contributed by atoms with Gasteiger partial charge < -0.3 is 5.32 Å². The van der Waals surface area contributed by atoms with E-state index >= 15 is 0 Å². The first-order valence-corrected chi connectivity index (χ1v) is 9.95. The van der Waals surface area contributed by atoms with Crippen LogP contribution in [0.5, 0.6) is 0 Å². The maximum Gasteiger partial charge on any atom is 0.161 e. The van der Waals surface area contributed by atoms with E-state index in [1.165, 1.54) is 11.1 Å². The zero-order valence-electron chi connectivity index (χ0n) is 16.3. The van der Waals surface area contributed by atoms with Crippen molar-refractivity contribution in [1.82, 2.24) is 24.7 Å². The van der Waals surface area contributed by atoms with E-state index < -0.39 is 0 Å². The number of nitrogens with zero attached hydrogens (tertiary/aromatic N) is 5. The van der Waals surface area contributed by atoms with Crippen molar-refractivity contribution < 1.29 is 0 Å². The Labute approximate surface area is 169 Å². The highest BCUT2D eigenvalue weighted by molar-refractivity contribution is 5.61. The molecule has 0 radical (unpaired) electrons. The first kappa shape index (κ1) is 17.6. The fourth-order valence-electron chi connectivity index (χ4n) is 3.94. The second kappa shape index (κ2) is 7.47. The molecule has 0 bridgehead atoms. The summed E-state index contributed by atoms with van der Waals surface area (Å²) >= 11 is 0. The molecule has 144 valence electrons. The number of pyridine rings is 1. The van der Waals surface area contributed by atoms with Crippen molar-refractivity contribution in [2.75, 3.05) is 5.32 Å². The van der Waals surface area contributed by atoms with E-state index in [0.717, 1.165) is 47.8 Å². The number of hydrogen-bond acceptors (Lipinski definition) is 5. The van der Waals surface area contributed by atoms with Crippen molar-refractivity contribution in [3.05, 3.63) is 84.1 Å². The monoisotopic (exact) mass is 382 g/mol. The van der Waals surface area contributed by atoms with Gasteiger partial charge in [0.2, 0.25) is 0 Å². The molecule has 6 heteroatoms. The van der Waals surface area contributed by atoms with Crippen LogP contribution in [-0.4, -0.2) is 24.7 Å². The number of rotatable bonds is 5. The molecule has 0 saturated carbocycles. The van der Waals surface area contributed by atoms with Crippen LogP contribution >= 0.6 is 0 Å². The van der Waals surface area contributed by atoms with Gasteiger partial charge in [-0.05, 0) is 56.0 Å². The Balaban J connectivity index is 1.52. The van der Waals surface area contributed by atoms with E-state index in [-0.39, 0.29) is 6.04 Å². The Morgan fingerprint density at radius 3 is 2.66 bits per heavy atom. The summed E-state index contributed by atoms with van der Waals surface area (Å²) in [6, 6.07) is 14.2. The van der Waals surface area contributed by atoms with Gasteiger partial charge in [0.05, 0.1) is 11.7 Å². The third-order valence-corrected chi connectivity index (χ3v) is 5.38. The summed E-state index contributed by atoms with van der Waals surface area (Å²) in [5.74, 6) is 1.69. The van der Waals surface area contributed by atoms with E-state index in [9.17, 15) is 0 Å². The predicted molar refractivity (Wildman–Crippen MR) is 113 cm³/mol. The smallest absolute Gasteiger partial charge is 0.161 e. The molecule has 6 nitrogen and oxygen atoms in total. The SMILES string of the molecule is CC(Nc1nc(-c2ccncc2)nc2c1CCC2)c1ccccc1-n1cccn1. The highest BCUT2D eigenvalue weighted by atomic mass is 15.3. The van der Waals surface area contributed by atoms with Crippen LogP contribution in [0.1, 0.15) is 36.2 Å². The van der Waals surface area contributed by atoms with Crippen molar-refractivity contribution in [3.63, 3.8) is 0 Å². The fraction of sp³-hybridized carbons (Fsp3) is 0.217. The summed E-state index contributed by atoms with van der Waals surface area (Å²) in [4.78, 5) is 13.8. The molecule has 0 spiro atoms. The van der Waals surface area contributed by atoms with Gasteiger partial charge in [-0.1, -0.05) is 18.2 Å². The Hall–Kier alpha value is -3.54. The molecule has 1 aliphatic carbocycles. The largest absolute Gasteiger partial charge is 0.363 e. The highest BCUT2D eigenvalue weighted by Crippen LogP contribution is 2.32. The average Bonchev–Trinajstić information content (AvgIpc) is 3.46. The third-order valence-electron chi connectivity index (χ3n) is 5.38. The molecule has 1 N–H and O–H groups in total. The molecule has 1 aromatic carbocycles. The van der Waals surface area contributed by atoms with Crippen molar-refractivity contribution in [2.45, 2.75) is 32.2 Å². The zero-order chi connectivity index (χ0) is 19.6. The normalized spacial score (nSPS) is 13.8. The molecule has 0 aliphatic heterocycles. The molecule has 1 aliphatic rings. The van der Waals surface area contributed by atoms with Gasteiger partial charge >= 0.3 is 0 Å². The van der Waals surface area contributed by atoms with Crippen LogP contribution in [0.15, 0.2) is 67.3 Å². The van der Waals surface area contributed by atoms with Gasteiger partial charge in [0.15, 0.2) is 5.82 Å². The minimum Gasteiger partial charge on any atom is -0.363 e. The van der Waals surface area contributed by atoms with Crippen LogP contribution < -0.4 is 5.32 Å². The van der Waals surface area contributed by atoms with Crippen molar-refractivity contribution in [3.8, 4) is 17.1 Å². The predicted octanol–water partition coefficient (Wildman–Crippen LogP) is 4.39. The minimum absolute atomic E-state index is 0.0697. The Bertz CT molecular complexity index is 1120. The molecule has 0 fully saturated rings. The number of para-hydroxylation sites is 1. The molecule has 0 amide bonds. The highest BCUT2D eigenvalue weighted by Gasteiger charge is 2.22.